The highest BCUT2D eigenvalue weighted by molar-refractivity contribution is 6.05. The lowest BCUT2D eigenvalue weighted by atomic mass is 9.97. The zero-order chi connectivity index (χ0) is 24.6. The number of nitrogens with zero attached hydrogens (tertiary/aromatic N) is 1. The Morgan fingerprint density at radius 1 is 0.943 bits per heavy atom. The number of carbonyl (C=O) groups excluding carboxylic acids is 2. The second-order valence-corrected chi connectivity index (χ2v) is 9.24. The molecule has 1 aliphatic heterocycles. The van der Waals surface area contributed by atoms with Gasteiger partial charge in [-0.25, -0.2) is 0 Å². The first-order chi connectivity index (χ1) is 17.0. The molecule has 2 N–H and O–H groups in total. The summed E-state index contributed by atoms with van der Waals surface area (Å²) in [5, 5.41) is 6.04. The molecule has 3 aromatic rings. The van der Waals surface area contributed by atoms with Crippen LogP contribution in [0.5, 0.6) is 0 Å². The fourth-order valence-corrected chi connectivity index (χ4v) is 4.34. The monoisotopic (exact) mass is 467 g/mol. The van der Waals surface area contributed by atoms with E-state index in [1.165, 1.54) is 6.08 Å². The molecule has 0 saturated carbocycles. The molecule has 3 aromatic carbocycles. The van der Waals surface area contributed by atoms with Gasteiger partial charge in [-0.2, -0.15) is 0 Å². The van der Waals surface area contributed by atoms with Crippen molar-refractivity contribution >= 4 is 29.3 Å². The molecule has 4 rings (SSSR count). The van der Waals surface area contributed by atoms with Crippen LogP contribution in [0.4, 0.5) is 11.4 Å². The molecule has 0 bridgehead atoms. The largest absolute Gasteiger partial charge is 0.371 e. The Labute approximate surface area is 207 Å². The third-order valence-electron chi connectivity index (χ3n) is 6.51. The SMILES string of the molecule is CC1CCN(c2ccc(NC(=O)/C=C/c3ccccc3)cc2C(=O)N[C@H](C)c2ccccc2)CC1. The molecule has 1 saturated heterocycles. The third-order valence-corrected chi connectivity index (χ3v) is 6.51. The molecular weight excluding hydrogens is 434 g/mol. The first-order valence-electron chi connectivity index (χ1n) is 12.3. The van der Waals surface area contributed by atoms with E-state index < -0.39 is 0 Å². The van der Waals surface area contributed by atoms with Gasteiger partial charge in [-0.3, -0.25) is 9.59 Å². The number of piperidine rings is 1. The van der Waals surface area contributed by atoms with Crippen LogP contribution in [0.2, 0.25) is 0 Å². The minimum atomic E-state index is -0.239. The first kappa shape index (κ1) is 24.3. The average Bonchev–Trinajstić information content (AvgIpc) is 2.89. The van der Waals surface area contributed by atoms with Gasteiger partial charge < -0.3 is 15.5 Å². The van der Waals surface area contributed by atoms with Gasteiger partial charge in [0.25, 0.3) is 5.91 Å². The van der Waals surface area contributed by atoms with Crippen molar-refractivity contribution in [1.82, 2.24) is 5.32 Å². The van der Waals surface area contributed by atoms with Crippen LogP contribution in [-0.2, 0) is 4.79 Å². The summed E-state index contributed by atoms with van der Waals surface area (Å²) in [6.07, 6.45) is 5.48. The van der Waals surface area contributed by atoms with Crippen LogP contribution in [0.1, 0.15) is 54.2 Å². The molecule has 5 heteroatoms. The summed E-state index contributed by atoms with van der Waals surface area (Å²) in [7, 11) is 0. The van der Waals surface area contributed by atoms with Gasteiger partial charge in [0.2, 0.25) is 5.91 Å². The first-order valence-corrected chi connectivity index (χ1v) is 12.3. The number of rotatable bonds is 7. The van der Waals surface area contributed by atoms with E-state index in [1.54, 1.807) is 12.1 Å². The number of amides is 2. The van der Waals surface area contributed by atoms with Gasteiger partial charge in [-0.1, -0.05) is 67.6 Å². The molecule has 1 aliphatic rings. The molecule has 5 nitrogen and oxygen atoms in total. The van der Waals surface area contributed by atoms with E-state index in [9.17, 15) is 9.59 Å². The van der Waals surface area contributed by atoms with Crippen molar-refractivity contribution < 1.29 is 9.59 Å². The number of hydrogen-bond acceptors (Lipinski definition) is 3. The molecule has 1 atom stereocenters. The summed E-state index contributed by atoms with van der Waals surface area (Å²) in [5.41, 5.74) is 4.08. The zero-order valence-corrected chi connectivity index (χ0v) is 20.4. The Balaban J connectivity index is 1.55. The number of benzene rings is 3. The maximum absolute atomic E-state index is 13.4. The summed E-state index contributed by atoms with van der Waals surface area (Å²) < 4.78 is 0. The average molecular weight is 468 g/mol. The second-order valence-electron chi connectivity index (χ2n) is 9.24. The van der Waals surface area contributed by atoms with E-state index in [1.807, 2.05) is 79.7 Å². The third kappa shape index (κ3) is 6.60. The Morgan fingerprint density at radius 3 is 2.29 bits per heavy atom. The van der Waals surface area contributed by atoms with Gasteiger partial charge in [-0.05, 0) is 61.1 Å². The molecule has 0 aromatic heterocycles. The van der Waals surface area contributed by atoms with Crippen molar-refractivity contribution in [3.05, 3.63) is 102 Å². The van der Waals surface area contributed by atoms with Gasteiger partial charge in [0.1, 0.15) is 0 Å². The fourth-order valence-electron chi connectivity index (χ4n) is 4.34. The van der Waals surface area contributed by atoms with Gasteiger partial charge in [0.15, 0.2) is 0 Å². The van der Waals surface area contributed by atoms with Crippen molar-refractivity contribution in [3.8, 4) is 0 Å². The van der Waals surface area contributed by atoms with Crippen LogP contribution in [0.25, 0.3) is 6.08 Å². The Hall–Kier alpha value is -3.86. The maximum Gasteiger partial charge on any atom is 0.253 e. The van der Waals surface area contributed by atoms with E-state index in [0.29, 0.717) is 17.2 Å². The van der Waals surface area contributed by atoms with E-state index in [2.05, 4.69) is 22.5 Å². The molecule has 0 aliphatic carbocycles. The van der Waals surface area contributed by atoms with Crippen LogP contribution in [0, 0.1) is 5.92 Å². The van der Waals surface area contributed by atoms with Gasteiger partial charge in [0.05, 0.1) is 11.6 Å². The smallest absolute Gasteiger partial charge is 0.253 e. The minimum absolute atomic E-state index is 0.134. The van der Waals surface area contributed by atoms with E-state index >= 15 is 0 Å². The van der Waals surface area contributed by atoms with Crippen molar-refractivity contribution in [1.29, 1.82) is 0 Å². The lowest BCUT2D eigenvalue weighted by molar-refractivity contribution is -0.111. The fraction of sp³-hybridized carbons (Fsp3) is 0.267. The molecule has 2 amide bonds. The predicted octanol–water partition coefficient (Wildman–Crippen LogP) is 6.07. The van der Waals surface area contributed by atoms with Crippen molar-refractivity contribution in [2.24, 2.45) is 5.92 Å². The van der Waals surface area contributed by atoms with Crippen LogP contribution in [0.3, 0.4) is 0 Å². The summed E-state index contributed by atoms with van der Waals surface area (Å²) in [4.78, 5) is 28.3. The topological polar surface area (TPSA) is 61.4 Å². The molecule has 1 heterocycles. The van der Waals surface area contributed by atoms with Crippen molar-refractivity contribution in [2.75, 3.05) is 23.3 Å². The standard InChI is InChI=1S/C30H33N3O2/c1-22-17-19-33(20-18-22)28-15-14-26(32-29(34)16-13-24-9-5-3-6-10-24)21-27(28)30(35)31-23(2)25-11-7-4-8-12-25/h3-16,21-23H,17-20H2,1-2H3,(H,31,35)(H,32,34)/b16-13+/t23-/m1/s1. The van der Waals surface area contributed by atoms with Crippen molar-refractivity contribution in [3.63, 3.8) is 0 Å². The van der Waals surface area contributed by atoms with E-state index in [0.717, 1.165) is 42.7 Å². The quantitative estimate of drug-likeness (QED) is 0.415. The minimum Gasteiger partial charge on any atom is -0.371 e. The van der Waals surface area contributed by atoms with E-state index in [4.69, 9.17) is 0 Å². The predicted molar refractivity (Wildman–Crippen MR) is 143 cm³/mol. The van der Waals surface area contributed by atoms with Crippen LogP contribution < -0.4 is 15.5 Å². The second kappa shape index (κ2) is 11.5. The molecule has 1 fully saturated rings. The summed E-state index contributed by atoms with van der Waals surface area (Å²) in [6, 6.07) is 25.1. The normalized spacial score (nSPS) is 15.1. The Bertz CT molecular complexity index is 1170. The highest BCUT2D eigenvalue weighted by Crippen LogP contribution is 2.29. The molecule has 0 spiro atoms. The highest BCUT2D eigenvalue weighted by Gasteiger charge is 2.23. The number of nitrogens with one attached hydrogen (secondary N) is 2. The summed E-state index contributed by atoms with van der Waals surface area (Å²) >= 11 is 0. The molecule has 0 radical (unpaired) electrons. The number of carbonyl (C=O) groups is 2. The molecule has 0 unspecified atom stereocenters. The summed E-state index contributed by atoms with van der Waals surface area (Å²) in [6.45, 7) is 6.09. The van der Waals surface area contributed by atoms with Gasteiger partial charge >= 0.3 is 0 Å². The van der Waals surface area contributed by atoms with E-state index in [-0.39, 0.29) is 17.9 Å². The lowest BCUT2D eigenvalue weighted by Crippen LogP contribution is -2.35. The zero-order valence-electron chi connectivity index (χ0n) is 20.4. The highest BCUT2D eigenvalue weighted by atomic mass is 16.2. The van der Waals surface area contributed by atoms with Gasteiger partial charge in [0, 0.05) is 30.5 Å². The number of hydrogen-bond donors (Lipinski definition) is 2. The lowest BCUT2D eigenvalue weighted by Gasteiger charge is -2.33. The maximum atomic E-state index is 13.4. The van der Waals surface area contributed by atoms with Crippen molar-refractivity contribution in [2.45, 2.75) is 32.7 Å². The molecular formula is C30H33N3O2. The van der Waals surface area contributed by atoms with Gasteiger partial charge in [-0.15, -0.1) is 0 Å². The number of anilines is 2. The Morgan fingerprint density at radius 2 is 1.60 bits per heavy atom. The molecule has 35 heavy (non-hydrogen) atoms. The molecule has 180 valence electrons. The van der Waals surface area contributed by atoms with Crippen LogP contribution in [0.15, 0.2) is 84.9 Å². The van der Waals surface area contributed by atoms with Crippen LogP contribution in [-0.4, -0.2) is 24.9 Å². The summed E-state index contributed by atoms with van der Waals surface area (Å²) in [5.74, 6) is 0.305. The van der Waals surface area contributed by atoms with Crippen LogP contribution >= 0.6 is 0 Å². The Kier molecular flexibility index (Phi) is 7.99.